The Hall–Kier alpha value is -1.31. The van der Waals surface area contributed by atoms with Gasteiger partial charge >= 0.3 is 0 Å². The maximum absolute atomic E-state index is 12.4. The van der Waals surface area contributed by atoms with Crippen LogP contribution in [-0.4, -0.2) is 67.2 Å². The van der Waals surface area contributed by atoms with E-state index in [0.717, 1.165) is 30.5 Å². The molecule has 124 valence electrons. The van der Waals surface area contributed by atoms with E-state index >= 15 is 0 Å². The van der Waals surface area contributed by atoms with Crippen LogP contribution < -0.4 is 14.4 Å². The number of piperazine rings is 1. The Morgan fingerprint density at radius 1 is 1.26 bits per heavy atom. The number of hydrogen-bond donors (Lipinski definition) is 1. The summed E-state index contributed by atoms with van der Waals surface area (Å²) in [6, 6.07) is 5.35. The van der Waals surface area contributed by atoms with Crippen molar-refractivity contribution in [1.82, 2.24) is 4.90 Å². The highest BCUT2D eigenvalue weighted by atomic mass is 32.2. The second-order valence-corrected chi connectivity index (χ2v) is 7.39. The van der Waals surface area contributed by atoms with E-state index in [9.17, 15) is 4.79 Å². The van der Waals surface area contributed by atoms with E-state index in [1.807, 2.05) is 0 Å². The third-order valence-corrected chi connectivity index (χ3v) is 5.59. The second kappa shape index (κ2) is 7.51. The van der Waals surface area contributed by atoms with Crippen molar-refractivity contribution in [3.8, 4) is 11.5 Å². The van der Waals surface area contributed by atoms with Gasteiger partial charge in [-0.25, -0.2) is 0 Å². The van der Waals surface area contributed by atoms with Crippen LogP contribution in [-0.2, 0) is 0 Å². The lowest BCUT2D eigenvalue weighted by molar-refractivity contribution is -0.883. The molecule has 0 unspecified atom stereocenters. The average molecular weight is 353 g/mol. The van der Waals surface area contributed by atoms with E-state index in [-0.39, 0.29) is 5.78 Å². The Morgan fingerprint density at radius 3 is 2.70 bits per heavy atom. The molecule has 7 heteroatoms. The van der Waals surface area contributed by atoms with E-state index in [4.69, 9.17) is 21.7 Å². The molecule has 0 amide bonds. The fraction of sp³-hybridized carbons (Fsp3) is 0.500. The van der Waals surface area contributed by atoms with Gasteiger partial charge in [-0.05, 0) is 18.2 Å². The second-order valence-electron chi connectivity index (χ2n) is 5.78. The van der Waals surface area contributed by atoms with Crippen LogP contribution in [0.1, 0.15) is 10.4 Å². The molecule has 0 bridgehead atoms. The molecule has 1 saturated heterocycles. The maximum Gasteiger partial charge on any atom is 0.173 e. The molecule has 2 aliphatic heterocycles. The maximum atomic E-state index is 12.4. The number of carbonyl (C=O) groups is 1. The summed E-state index contributed by atoms with van der Waals surface area (Å²) in [5.41, 5.74) is 0.646. The van der Waals surface area contributed by atoms with Crippen molar-refractivity contribution in [2.24, 2.45) is 0 Å². The summed E-state index contributed by atoms with van der Waals surface area (Å²) >= 11 is 6.91. The van der Waals surface area contributed by atoms with Gasteiger partial charge in [0.25, 0.3) is 0 Å². The van der Waals surface area contributed by atoms with Gasteiger partial charge in [-0.1, -0.05) is 24.0 Å². The molecule has 0 atom stereocenters. The lowest BCUT2D eigenvalue weighted by Crippen LogP contribution is -3.12. The van der Waals surface area contributed by atoms with Crippen LogP contribution in [0.2, 0.25) is 0 Å². The minimum absolute atomic E-state index is 0.0640. The van der Waals surface area contributed by atoms with E-state index in [2.05, 4.69) is 11.9 Å². The van der Waals surface area contributed by atoms with Gasteiger partial charge in [0, 0.05) is 5.56 Å². The molecule has 0 aliphatic carbocycles. The van der Waals surface area contributed by atoms with Gasteiger partial charge in [0.2, 0.25) is 0 Å². The van der Waals surface area contributed by atoms with Crippen molar-refractivity contribution in [2.75, 3.05) is 52.2 Å². The van der Waals surface area contributed by atoms with Crippen LogP contribution >= 0.6 is 24.0 Å². The van der Waals surface area contributed by atoms with Crippen molar-refractivity contribution in [2.45, 2.75) is 0 Å². The van der Waals surface area contributed by atoms with E-state index < -0.39 is 0 Å². The zero-order chi connectivity index (χ0) is 16.2. The quantitative estimate of drug-likeness (QED) is 0.630. The topological polar surface area (TPSA) is 43.2 Å². The largest absolute Gasteiger partial charge is 0.486 e. The lowest BCUT2D eigenvalue weighted by atomic mass is 10.1. The Labute approximate surface area is 145 Å². The van der Waals surface area contributed by atoms with Gasteiger partial charge in [-0.2, -0.15) is 0 Å². The van der Waals surface area contributed by atoms with Gasteiger partial charge in [0.1, 0.15) is 17.5 Å². The summed E-state index contributed by atoms with van der Waals surface area (Å²) in [6.45, 7) is 5.20. The number of hydrogen-bond acceptors (Lipinski definition) is 5. The fourth-order valence-electron chi connectivity index (χ4n) is 2.59. The van der Waals surface area contributed by atoms with Crippen LogP contribution in [0.15, 0.2) is 18.2 Å². The third-order valence-electron chi connectivity index (χ3n) is 4.07. The van der Waals surface area contributed by atoms with Crippen molar-refractivity contribution < 1.29 is 19.2 Å². The molecule has 1 aromatic carbocycles. The van der Waals surface area contributed by atoms with Gasteiger partial charge in [-0.15, -0.1) is 0 Å². The summed E-state index contributed by atoms with van der Waals surface area (Å²) in [6.07, 6.45) is 0. The summed E-state index contributed by atoms with van der Waals surface area (Å²) in [5, 5.41) is 0. The zero-order valence-corrected chi connectivity index (χ0v) is 14.8. The molecule has 5 nitrogen and oxygen atoms in total. The number of ether oxygens (including phenoxy) is 2. The molecule has 0 spiro atoms. The molecular weight excluding hydrogens is 332 g/mol. The Balaban J connectivity index is 1.54. The SMILES string of the molecule is C[NH+]1CCN(C(=S)SCC(=O)c2ccc3c(c2)OCCO3)CC1. The number of thiocarbonyl (C=S) groups is 1. The number of quaternary nitrogens is 1. The van der Waals surface area contributed by atoms with Gasteiger partial charge in [0.15, 0.2) is 17.3 Å². The Morgan fingerprint density at radius 2 is 1.96 bits per heavy atom. The number of Topliss-reactive ketones (excluding diaryl/α,β-unsaturated/α-hetero) is 1. The monoisotopic (exact) mass is 353 g/mol. The molecule has 0 radical (unpaired) electrons. The third kappa shape index (κ3) is 4.16. The first-order valence-corrected chi connectivity index (χ1v) is 9.19. The summed E-state index contributed by atoms with van der Waals surface area (Å²) in [5.74, 6) is 1.78. The first-order chi connectivity index (χ1) is 11.1. The van der Waals surface area contributed by atoms with Crippen molar-refractivity contribution in [1.29, 1.82) is 0 Å². The highest BCUT2D eigenvalue weighted by Gasteiger charge is 2.20. The standard InChI is InChI=1S/C16H20N2O3S2/c1-17-4-6-18(7-5-17)16(22)23-11-13(19)12-2-3-14-15(10-12)21-9-8-20-14/h2-3,10H,4-9,11H2,1H3/p+1. The van der Waals surface area contributed by atoms with Crippen LogP contribution in [0.5, 0.6) is 11.5 Å². The number of likely N-dealkylation sites (N-methyl/N-ethyl adjacent to an activating group) is 1. The number of carbonyl (C=O) groups excluding carboxylic acids is 1. The number of thioether (sulfide) groups is 1. The summed E-state index contributed by atoms with van der Waals surface area (Å²) in [7, 11) is 2.19. The minimum atomic E-state index is 0.0640. The number of benzene rings is 1. The van der Waals surface area contributed by atoms with Crippen molar-refractivity contribution in [3.05, 3.63) is 23.8 Å². The predicted octanol–water partition coefficient (Wildman–Crippen LogP) is 0.489. The van der Waals surface area contributed by atoms with Crippen molar-refractivity contribution in [3.63, 3.8) is 0 Å². The van der Waals surface area contributed by atoms with E-state index in [1.54, 1.807) is 18.2 Å². The predicted molar refractivity (Wildman–Crippen MR) is 95.0 cm³/mol. The Bertz CT molecular complexity index is 601. The average Bonchev–Trinajstić information content (AvgIpc) is 2.59. The molecule has 2 heterocycles. The summed E-state index contributed by atoms with van der Waals surface area (Å²) in [4.78, 5) is 16.1. The van der Waals surface area contributed by atoms with Crippen LogP contribution in [0, 0.1) is 0 Å². The molecule has 23 heavy (non-hydrogen) atoms. The highest BCUT2D eigenvalue weighted by molar-refractivity contribution is 8.23. The van der Waals surface area contributed by atoms with E-state index in [0.29, 0.717) is 36.0 Å². The number of nitrogens with zero attached hydrogens (tertiary/aromatic N) is 1. The summed E-state index contributed by atoms with van der Waals surface area (Å²) < 4.78 is 11.8. The van der Waals surface area contributed by atoms with Gasteiger partial charge in [-0.3, -0.25) is 4.79 Å². The van der Waals surface area contributed by atoms with Gasteiger partial charge in [0.05, 0.1) is 39.0 Å². The number of fused-ring (bicyclic) bond motifs is 1. The molecule has 0 saturated carbocycles. The number of nitrogens with one attached hydrogen (secondary N) is 1. The molecule has 3 rings (SSSR count). The number of ketones is 1. The van der Waals surface area contributed by atoms with Crippen molar-refractivity contribution >= 4 is 34.1 Å². The molecule has 1 N–H and O–H groups in total. The van der Waals surface area contributed by atoms with Crippen LogP contribution in [0.4, 0.5) is 0 Å². The fourth-order valence-corrected chi connectivity index (χ4v) is 3.74. The molecule has 1 fully saturated rings. The normalized spacial score (nSPS) is 17.9. The Kier molecular flexibility index (Phi) is 5.40. The van der Waals surface area contributed by atoms with Gasteiger partial charge < -0.3 is 19.3 Å². The molecule has 0 aromatic heterocycles. The first-order valence-electron chi connectivity index (χ1n) is 7.79. The van der Waals surface area contributed by atoms with Crippen LogP contribution in [0.3, 0.4) is 0 Å². The lowest BCUT2D eigenvalue weighted by Gasteiger charge is -2.31. The smallest absolute Gasteiger partial charge is 0.173 e. The minimum Gasteiger partial charge on any atom is -0.486 e. The molecule has 2 aliphatic rings. The van der Waals surface area contributed by atoms with Crippen LogP contribution in [0.25, 0.3) is 0 Å². The number of rotatable bonds is 3. The molecular formula is C16H21N2O3S2+. The highest BCUT2D eigenvalue weighted by Crippen LogP contribution is 2.31. The van der Waals surface area contributed by atoms with E-state index in [1.165, 1.54) is 16.7 Å². The zero-order valence-electron chi connectivity index (χ0n) is 13.2. The first kappa shape index (κ1) is 16.5. The molecule has 1 aromatic rings.